The molecule has 0 saturated heterocycles. The molecule has 1 aromatic carbocycles. The first kappa shape index (κ1) is 10.0. The molecule has 0 bridgehead atoms. The standard InChI is InChI=1S/C9H11BrClN/c10-4-5-12-7-8-2-1-3-9(11)6-8/h1-3,6,12H,4-5,7H2. The Morgan fingerprint density at radius 1 is 1.42 bits per heavy atom. The lowest BCUT2D eigenvalue weighted by molar-refractivity contribution is 0.734. The lowest BCUT2D eigenvalue weighted by atomic mass is 10.2. The largest absolute Gasteiger partial charge is 0.312 e. The van der Waals surface area contributed by atoms with E-state index in [1.807, 2.05) is 18.2 Å². The van der Waals surface area contributed by atoms with Crippen LogP contribution in [0.2, 0.25) is 5.02 Å². The van der Waals surface area contributed by atoms with E-state index in [4.69, 9.17) is 11.6 Å². The smallest absolute Gasteiger partial charge is 0.0409 e. The van der Waals surface area contributed by atoms with Crippen LogP contribution in [0.15, 0.2) is 24.3 Å². The zero-order valence-corrected chi connectivity index (χ0v) is 9.03. The summed E-state index contributed by atoms with van der Waals surface area (Å²) in [6, 6.07) is 7.89. The van der Waals surface area contributed by atoms with Crippen molar-refractivity contribution in [1.29, 1.82) is 0 Å². The number of hydrogen-bond acceptors (Lipinski definition) is 1. The Bertz CT molecular complexity index is 240. The fraction of sp³-hybridized carbons (Fsp3) is 0.333. The summed E-state index contributed by atoms with van der Waals surface area (Å²) in [4.78, 5) is 0. The molecule has 1 rings (SSSR count). The van der Waals surface area contributed by atoms with E-state index in [1.165, 1.54) is 5.56 Å². The van der Waals surface area contributed by atoms with Gasteiger partial charge in [0.1, 0.15) is 0 Å². The van der Waals surface area contributed by atoms with E-state index < -0.39 is 0 Å². The van der Waals surface area contributed by atoms with E-state index in [0.29, 0.717) is 0 Å². The highest BCUT2D eigenvalue weighted by Crippen LogP contribution is 2.09. The van der Waals surface area contributed by atoms with E-state index in [-0.39, 0.29) is 0 Å². The highest BCUT2D eigenvalue weighted by atomic mass is 79.9. The van der Waals surface area contributed by atoms with Crippen LogP contribution >= 0.6 is 27.5 Å². The molecule has 0 atom stereocenters. The van der Waals surface area contributed by atoms with Gasteiger partial charge in [-0.15, -0.1) is 0 Å². The maximum atomic E-state index is 5.82. The van der Waals surface area contributed by atoms with Crippen LogP contribution in [-0.2, 0) is 6.54 Å². The maximum Gasteiger partial charge on any atom is 0.0409 e. The molecule has 1 nitrogen and oxygen atoms in total. The highest BCUT2D eigenvalue weighted by molar-refractivity contribution is 9.09. The van der Waals surface area contributed by atoms with E-state index in [0.717, 1.165) is 23.4 Å². The predicted molar refractivity (Wildman–Crippen MR) is 57.0 cm³/mol. The topological polar surface area (TPSA) is 12.0 Å². The quantitative estimate of drug-likeness (QED) is 0.638. The number of hydrogen-bond donors (Lipinski definition) is 1. The number of halogens is 2. The molecule has 0 aliphatic rings. The van der Waals surface area contributed by atoms with Crippen molar-refractivity contribution in [3.05, 3.63) is 34.9 Å². The Morgan fingerprint density at radius 3 is 2.92 bits per heavy atom. The number of benzene rings is 1. The van der Waals surface area contributed by atoms with Gasteiger partial charge in [-0.2, -0.15) is 0 Å². The molecule has 0 aliphatic heterocycles. The summed E-state index contributed by atoms with van der Waals surface area (Å²) in [5.41, 5.74) is 1.23. The molecule has 0 saturated carbocycles. The average Bonchev–Trinajstić information content (AvgIpc) is 2.05. The van der Waals surface area contributed by atoms with Crippen molar-refractivity contribution in [2.75, 3.05) is 11.9 Å². The molecular formula is C9H11BrClN. The molecule has 0 spiro atoms. The Balaban J connectivity index is 2.41. The van der Waals surface area contributed by atoms with Crippen molar-refractivity contribution >= 4 is 27.5 Å². The molecule has 0 radical (unpaired) electrons. The van der Waals surface area contributed by atoms with Crippen LogP contribution in [0.1, 0.15) is 5.56 Å². The summed E-state index contributed by atoms with van der Waals surface area (Å²) in [5.74, 6) is 0. The van der Waals surface area contributed by atoms with E-state index in [2.05, 4.69) is 27.3 Å². The van der Waals surface area contributed by atoms with Gasteiger partial charge in [0.25, 0.3) is 0 Å². The van der Waals surface area contributed by atoms with Crippen LogP contribution < -0.4 is 5.32 Å². The highest BCUT2D eigenvalue weighted by Gasteiger charge is 1.92. The Hall–Kier alpha value is -0.0500. The minimum atomic E-state index is 0.799. The van der Waals surface area contributed by atoms with Crippen LogP contribution in [0, 0.1) is 0 Å². The van der Waals surface area contributed by atoms with Crippen LogP contribution in [0.25, 0.3) is 0 Å². The van der Waals surface area contributed by atoms with Gasteiger partial charge in [-0.3, -0.25) is 0 Å². The van der Waals surface area contributed by atoms with Crippen LogP contribution in [0.4, 0.5) is 0 Å². The van der Waals surface area contributed by atoms with Gasteiger partial charge in [-0.05, 0) is 17.7 Å². The molecule has 0 aliphatic carbocycles. The molecular weight excluding hydrogens is 237 g/mol. The van der Waals surface area contributed by atoms with E-state index in [9.17, 15) is 0 Å². The van der Waals surface area contributed by atoms with Crippen LogP contribution in [0.3, 0.4) is 0 Å². The summed E-state index contributed by atoms with van der Waals surface area (Å²) < 4.78 is 0. The Labute approximate surface area is 86.2 Å². The second kappa shape index (κ2) is 5.57. The molecule has 0 amide bonds. The first-order valence-electron chi connectivity index (χ1n) is 3.84. The van der Waals surface area contributed by atoms with Crippen molar-refractivity contribution in [2.45, 2.75) is 6.54 Å². The summed E-state index contributed by atoms with van der Waals surface area (Å²) >= 11 is 9.17. The zero-order valence-electron chi connectivity index (χ0n) is 6.69. The molecule has 1 aromatic rings. The molecule has 3 heteroatoms. The molecule has 66 valence electrons. The summed E-state index contributed by atoms with van der Waals surface area (Å²) in [6.45, 7) is 1.86. The van der Waals surface area contributed by atoms with E-state index >= 15 is 0 Å². The van der Waals surface area contributed by atoms with Crippen molar-refractivity contribution < 1.29 is 0 Å². The van der Waals surface area contributed by atoms with Gasteiger partial charge in [0.05, 0.1) is 0 Å². The fourth-order valence-corrected chi connectivity index (χ4v) is 1.44. The molecule has 1 N–H and O–H groups in total. The van der Waals surface area contributed by atoms with Gasteiger partial charge >= 0.3 is 0 Å². The van der Waals surface area contributed by atoms with E-state index in [1.54, 1.807) is 0 Å². The Morgan fingerprint density at radius 2 is 2.25 bits per heavy atom. The second-order valence-corrected chi connectivity index (χ2v) is 3.73. The number of nitrogens with one attached hydrogen (secondary N) is 1. The van der Waals surface area contributed by atoms with Crippen molar-refractivity contribution in [3.63, 3.8) is 0 Å². The fourth-order valence-electron chi connectivity index (χ4n) is 0.946. The summed E-state index contributed by atoms with van der Waals surface area (Å²) in [6.07, 6.45) is 0. The zero-order chi connectivity index (χ0) is 8.81. The Kier molecular flexibility index (Phi) is 4.66. The van der Waals surface area contributed by atoms with Crippen LogP contribution in [0.5, 0.6) is 0 Å². The van der Waals surface area contributed by atoms with Crippen LogP contribution in [-0.4, -0.2) is 11.9 Å². The van der Waals surface area contributed by atoms with Gasteiger partial charge in [-0.1, -0.05) is 39.7 Å². The second-order valence-electron chi connectivity index (χ2n) is 2.50. The lowest BCUT2D eigenvalue weighted by Gasteiger charge is -2.02. The molecule has 0 heterocycles. The normalized spacial score (nSPS) is 10.2. The third-order valence-electron chi connectivity index (χ3n) is 1.49. The molecule has 0 fully saturated rings. The first-order valence-corrected chi connectivity index (χ1v) is 5.34. The molecule has 12 heavy (non-hydrogen) atoms. The average molecular weight is 249 g/mol. The monoisotopic (exact) mass is 247 g/mol. The molecule has 0 unspecified atom stereocenters. The maximum absolute atomic E-state index is 5.82. The SMILES string of the molecule is Clc1cccc(CNCCBr)c1. The van der Waals surface area contributed by atoms with Gasteiger partial charge in [0.15, 0.2) is 0 Å². The molecule has 0 aromatic heterocycles. The summed E-state index contributed by atoms with van der Waals surface area (Å²) in [7, 11) is 0. The predicted octanol–water partition coefficient (Wildman–Crippen LogP) is 2.82. The van der Waals surface area contributed by atoms with Crippen molar-refractivity contribution in [2.24, 2.45) is 0 Å². The number of rotatable bonds is 4. The van der Waals surface area contributed by atoms with Gasteiger partial charge < -0.3 is 5.32 Å². The minimum Gasteiger partial charge on any atom is -0.312 e. The number of alkyl halides is 1. The first-order chi connectivity index (χ1) is 5.83. The van der Waals surface area contributed by atoms with Gasteiger partial charge in [0, 0.05) is 23.4 Å². The third-order valence-corrected chi connectivity index (χ3v) is 2.12. The van der Waals surface area contributed by atoms with Gasteiger partial charge in [0.2, 0.25) is 0 Å². The summed E-state index contributed by atoms with van der Waals surface area (Å²) in [5, 5.41) is 5.05. The third kappa shape index (κ3) is 3.57. The van der Waals surface area contributed by atoms with Gasteiger partial charge in [-0.25, -0.2) is 0 Å². The van der Waals surface area contributed by atoms with Crippen molar-refractivity contribution in [1.82, 2.24) is 5.32 Å². The lowest BCUT2D eigenvalue weighted by Crippen LogP contribution is -2.15. The minimum absolute atomic E-state index is 0.799. The van der Waals surface area contributed by atoms with Crippen molar-refractivity contribution in [3.8, 4) is 0 Å².